The summed E-state index contributed by atoms with van der Waals surface area (Å²) >= 11 is 0. The number of hydrazone groups is 1. The van der Waals surface area contributed by atoms with E-state index in [1.165, 1.54) is 12.1 Å². The summed E-state index contributed by atoms with van der Waals surface area (Å²) in [7, 11) is 3.07. The van der Waals surface area contributed by atoms with Crippen molar-refractivity contribution in [3.8, 4) is 0 Å². The third-order valence-corrected chi connectivity index (χ3v) is 2.70. The lowest BCUT2D eigenvalue weighted by Crippen LogP contribution is -2.44. The molecule has 0 aromatic rings. The van der Waals surface area contributed by atoms with Gasteiger partial charge in [-0.05, 0) is 6.42 Å². The van der Waals surface area contributed by atoms with Crippen molar-refractivity contribution < 1.29 is 19.4 Å². The summed E-state index contributed by atoms with van der Waals surface area (Å²) in [6.07, 6.45) is 1.14. The van der Waals surface area contributed by atoms with E-state index in [0.717, 1.165) is 0 Å². The predicted molar refractivity (Wildman–Crippen MR) is 64.9 cm³/mol. The Kier molecular flexibility index (Phi) is 5.73. The zero-order chi connectivity index (χ0) is 13.5. The van der Waals surface area contributed by atoms with Crippen molar-refractivity contribution in [2.45, 2.75) is 25.3 Å². The van der Waals surface area contributed by atoms with E-state index in [2.05, 4.69) is 10.4 Å². The second-order valence-corrected chi connectivity index (χ2v) is 4.10. The Bertz CT molecular complexity index is 343. The number of carbonyl (C=O) groups excluding carboxylic acids is 2. The molecule has 0 bridgehead atoms. The highest BCUT2D eigenvalue weighted by atomic mass is 16.5. The molecule has 0 aromatic heterocycles. The number of methoxy groups -OCH3 is 1. The molecule has 1 aliphatic heterocycles. The summed E-state index contributed by atoms with van der Waals surface area (Å²) in [5, 5.41) is 16.9. The molecule has 102 valence electrons. The van der Waals surface area contributed by atoms with Gasteiger partial charge in [-0.25, -0.2) is 5.01 Å². The molecular formula is C11H19N3O4. The Morgan fingerprint density at radius 3 is 2.89 bits per heavy atom. The summed E-state index contributed by atoms with van der Waals surface area (Å²) in [5.74, 6) is -0.450. The maximum Gasteiger partial charge on any atom is 0.267 e. The molecule has 0 radical (unpaired) electrons. The van der Waals surface area contributed by atoms with E-state index >= 15 is 0 Å². The minimum atomic E-state index is -0.358. The van der Waals surface area contributed by atoms with Crippen molar-refractivity contribution >= 4 is 17.5 Å². The van der Waals surface area contributed by atoms with Gasteiger partial charge in [0, 0.05) is 33.6 Å². The molecule has 2 N–H and O–H groups in total. The zero-order valence-electron chi connectivity index (χ0n) is 10.7. The third-order valence-electron chi connectivity index (χ3n) is 2.70. The Balaban J connectivity index is 2.54. The number of carbonyl (C=O) groups is 2. The fourth-order valence-electron chi connectivity index (χ4n) is 1.57. The highest BCUT2D eigenvalue weighted by Gasteiger charge is 2.23. The first-order chi connectivity index (χ1) is 8.58. The molecule has 0 saturated carbocycles. The number of aliphatic hydroxyl groups is 1. The molecule has 0 fully saturated rings. The lowest BCUT2D eigenvalue weighted by atomic mass is 10.1. The third kappa shape index (κ3) is 4.08. The van der Waals surface area contributed by atoms with Crippen molar-refractivity contribution in [3.05, 3.63) is 0 Å². The van der Waals surface area contributed by atoms with Crippen LogP contribution < -0.4 is 5.32 Å². The second-order valence-electron chi connectivity index (χ2n) is 4.10. The molecule has 0 saturated heterocycles. The van der Waals surface area contributed by atoms with Crippen LogP contribution in [0.15, 0.2) is 5.10 Å². The summed E-state index contributed by atoms with van der Waals surface area (Å²) in [5.41, 5.74) is 0.313. The van der Waals surface area contributed by atoms with Crippen molar-refractivity contribution in [1.29, 1.82) is 0 Å². The molecule has 1 atom stereocenters. The lowest BCUT2D eigenvalue weighted by Gasteiger charge is -2.21. The molecule has 1 unspecified atom stereocenters. The van der Waals surface area contributed by atoms with Crippen molar-refractivity contribution in [2.75, 3.05) is 27.4 Å². The standard InChI is InChI=1S/C11H19N3O4/c1-14-10(16)4-3-9(13-14)11(17)12-8(7-15)5-6-18-2/h8,15H,3-7H2,1-2H3,(H,12,17). The smallest absolute Gasteiger partial charge is 0.267 e. The van der Waals surface area contributed by atoms with Gasteiger partial charge in [-0.3, -0.25) is 9.59 Å². The molecule has 0 aliphatic carbocycles. The number of nitrogens with one attached hydrogen (secondary N) is 1. The van der Waals surface area contributed by atoms with Gasteiger partial charge in [-0.15, -0.1) is 0 Å². The minimum Gasteiger partial charge on any atom is -0.394 e. The van der Waals surface area contributed by atoms with Crippen LogP contribution in [-0.2, 0) is 14.3 Å². The van der Waals surface area contributed by atoms with E-state index in [1.54, 1.807) is 7.11 Å². The van der Waals surface area contributed by atoms with Gasteiger partial charge in [-0.2, -0.15) is 5.10 Å². The summed E-state index contributed by atoms with van der Waals surface area (Å²) in [6, 6.07) is -0.358. The van der Waals surface area contributed by atoms with Crippen molar-refractivity contribution in [2.24, 2.45) is 5.10 Å². The van der Waals surface area contributed by atoms with Gasteiger partial charge in [0.1, 0.15) is 5.71 Å². The van der Waals surface area contributed by atoms with Gasteiger partial charge in [0.25, 0.3) is 5.91 Å². The fourth-order valence-corrected chi connectivity index (χ4v) is 1.57. The topological polar surface area (TPSA) is 91.2 Å². The fraction of sp³-hybridized carbons (Fsp3) is 0.727. The van der Waals surface area contributed by atoms with Gasteiger partial charge in [0.2, 0.25) is 5.91 Å². The Morgan fingerprint density at radius 2 is 2.33 bits per heavy atom. The van der Waals surface area contributed by atoms with E-state index < -0.39 is 0 Å². The minimum absolute atomic E-state index is 0.107. The molecule has 1 heterocycles. The number of hydrogen-bond donors (Lipinski definition) is 2. The monoisotopic (exact) mass is 257 g/mol. The van der Waals surface area contributed by atoms with Crippen molar-refractivity contribution in [1.82, 2.24) is 10.3 Å². The maximum atomic E-state index is 11.9. The molecular weight excluding hydrogens is 238 g/mol. The lowest BCUT2D eigenvalue weighted by molar-refractivity contribution is -0.130. The van der Waals surface area contributed by atoms with Crippen LogP contribution in [0.4, 0.5) is 0 Å². The largest absolute Gasteiger partial charge is 0.394 e. The van der Waals surface area contributed by atoms with Crippen LogP contribution in [0.2, 0.25) is 0 Å². The van der Waals surface area contributed by atoms with E-state index in [-0.39, 0.29) is 30.9 Å². The molecule has 0 aromatic carbocycles. The Hall–Kier alpha value is -1.47. The molecule has 0 spiro atoms. The number of aliphatic hydroxyl groups excluding tert-OH is 1. The van der Waals surface area contributed by atoms with Gasteiger partial charge in [0.05, 0.1) is 12.6 Å². The maximum absolute atomic E-state index is 11.9. The van der Waals surface area contributed by atoms with E-state index in [4.69, 9.17) is 9.84 Å². The molecule has 1 rings (SSSR count). The summed E-state index contributed by atoms with van der Waals surface area (Å²) in [4.78, 5) is 23.1. The van der Waals surface area contributed by atoms with Crippen LogP contribution in [0.3, 0.4) is 0 Å². The van der Waals surface area contributed by atoms with Crippen LogP contribution in [0, 0.1) is 0 Å². The predicted octanol–water partition coefficient (Wildman–Crippen LogP) is -0.892. The molecule has 1 aliphatic rings. The molecule has 2 amide bonds. The first kappa shape index (κ1) is 14.6. The second kappa shape index (κ2) is 7.07. The summed E-state index contributed by atoms with van der Waals surface area (Å²) in [6.45, 7) is 0.299. The molecule has 18 heavy (non-hydrogen) atoms. The van der Waals surface area contributed by atoms with Crippen molar-refractivity contribution in [3.63, 3.8) is 0 Å². The number of rotatable bonds is 6. The van der Waals surface area contributed by atoms with Crippen LogP contribution in [-0.4, -0.2) is 61.1 Å². The zero-order valence-corrected chi connectivity index (χ0v) is 10.7. The van der Waals surface area contributed by atoms with E-state index in [9.17, 15) is 9.59 Å². The molecule has 7 nitrogen and oxygen atoms in total. The number of ether oxygens (including phenoxy) is 1. The summed E-state index contributed by atoms with van der Waals surface area (Å²) < 4.78 is 4.89. The quantitative estimate of drug-likeness (QED) is 0.645. The molecule has 7 heteroatoms. The van der Waals surface area contributed by atoms with Gasteiger partial charge >= 0.3 is 0 Å². The number of nitrogens with zero attached hydrogens (tertiary/aromatic N) is 2. The van der Waals surface area contributed by atoms with E-state index in [1.807, 2.05) is 0 Å². The van der Waals surface area contributed by atoms with Crippen LogP contribution in [0.5, 0.6) is 0 Å². The number of hydrogen-bond acceptors (Lipinski definition) is 5. The van der Waals surface area contributed by atoms with Crippen LogP contribution in [0.25, 0.3) is 0 Å². The van der Waals surface area contributed by atoms with Gasteiger partial charge in [0.15, 0.2) is 0 Å². The van der Waals surface area contributed by atoms with Crippen LogP contribution in [0.1, 0.15) is 19.3 Å². The SMILES string of the molecule is COCCC(CO)NC(=O)C1=NN(C)C(=O)CC1. The first-order valence-corrected chi connectivity index (χ1v) is 5.83. The number of amides is 2. The Labute approximate surface area is 106 Å². The Morgan fingerprint density at radius 1 is 1.61 bits per heavy atom. The van der Waals surface area contributed by atoms with E-state index in [0.29, 0.717) is 25.2 Å². The average Bonchev–Trinajstić information content (AvgIpc) is 2.37. The van der Waals surface area contributed by atoms with Gasteiger partial charge < -0.3 is 15.2 Å². The van der Waals surface area contributed by atoms with Crippen LogP contribution >= 0.6 is 0 Å². The van der Waals surface area contributed by atoms with Gasteiger partial charge in [-0.1, -0.05) is 0 Å². The average molecular weight is 257 g/mol. The normalized spacial score (nSPS) is 17.4. The first-order valence-electron chi connectivity index (χ1n) is 5.83. The highest BCUT2D eigenvalue weighted by molar-refractivity contribution is 6.39. The highest BCUT2D eigenvalue weighted by Crippen LogP contribution is 2.07.